The maximum atomic E-state index is 12.4. The number of aromatic hydroxyl groups is 1. The summed E-state index contributed by atoms with van der Waals surface area (Å²) in [7, 11) is -4.66. The number of amides is 1. The number of para-hydroxylation sites is 1. The van der Waals surface area contributed by atoms with E-state index < -0.39 is 53.1 Å². The fourth-order valence-electron chi connectivity index (χ4n) is 4.46. The Morgan fingerprint density at radius 2 is 1.78 bits per heavy atom. The van der Waals surface area contributed by atoms with Crippen LogP contribution in [0.3, 0.4) is 0 Å². The topological polar surface area (TPSA) is 198 Å². The van der Waals surface area contributed by atoms with Gasteiger partial charge < -0.3 is 25.4 Å². The van der Waals surface area contributed by atoms with Gasteiger partial charge in [0.05, 0.1) is 18.5 Å². The highest BCUT2D eigenvalue weighted by molar-refractivity contribution is 7.85. The van der Waals surface area contributed by atoms with Gasteiger partial charge in [-0.1, -0.05) is 42.5 Å². The number of hydrogen-bond acceptors (Lipinski definition) is 12. The molecule has 214 valence electrons. The van der Waals surface area contributed by atoms with E-state index in [1.165, 1.54) is 35.2 Å². The first-order valence-corrected chi connectivity index (χ1v) is 14.2. The van der Waals surface area contributed by atoms with Crippen LogP contribution in [0.25, 0.3) is 22.6 Å². The average molecular weight is 583 g/mol. The summed E-state index contributed by atoms with van der Waals surface area (Å²) in [5.41, 5.74) is 1.27. The van der Waals surface area contributed by atoms with Gasteiger partial charge in [0.1, 0.15) is 24.1 Å². The van der Waals surface area contributed by atoms with Crippen molar-refractivity contribution in [2.75, 3.05) is 11.9 Å². The maximum Gasteiger partial charge on any atom is 0.362 e. The highest BCUT2D eigenvalue weighted by Gasteiger charge is 2.45. The van der Waals surface area contributed by atoms with Gasteiger partial charge in [-0.25, -0.2) is 19.7 Å². The summed E-state index contributed by atoms with van der Waals surface area (Å²) in [5.74, 6) is -0.581. The molecule has 1 saturated carbocycles. The van der Waals surface area contributed by atoms with Gasteiger partial charge in [0, 0.05) is 11.6 Å². The molecule has 1 aliphatic carbocycles. The van der Waals surface area contributed by atoms with E-state index in [1.807, 2.05) is 30.3 Å². The monoisotopic (exact) mass is 582 g/mol. The van der Waals surface area contributed by atoms with Crippen molar-refractivity contribution in [3.05, 3.63) is 66.5 Å². The van der Waals surface area contributed by atoms with Crippen molar-refractivity contribution in [3.8, 4) is 17.1 Å². The Kier molecular flexibility index (Phi) is 7.04. The fourth-order valence-corrected chi connectivity index (χ4v) is 5.17. The summed E-state index contributed by atoms with van der Waals surface area (Å²) in [5, 5.41) is 34.6. The molecule has 2 unspecified atom stereocenters. The number of phenolic OH excluding ortho intramolecular Hbond substituents is 1. The van der Waals surface area contributed by atoms with Gasteiger partial charge in [-0.2, -0.15) is 8.42 Å². The van der Waals surface area contributed by atoms with Crippen LogP contribution >= 0.6 is 0 Å². The Balaban J connectivity index is 1.22. The molecule has 0 spiro atoms. The van der Waals surface area contributed by atoms with Crippen LogP contribution in [0, 0.1) is 0 Å². The number of aliphatic hydroxyl groups is 2. The van der Waals surface area contributed by atoms with Crippen LogP contribution in [-0.2, 0) is 19.2 Å². The molecule has 2 fully saturated rings. The molecule has 0 bridgehead atoms. The molecule has 5 N–H and O–H groups in total. The molecule has 1 amide bonds. The molecule has 4 aromatic rings. The van der Waals surface area contributed by atoms with Crippen LogP contribution in [0.5, 0.6) is 5.75 Å². The molecule has 2 aromatic carbocycles. The number of hydrogen-bond donors (Lipinski definition) is 5. The van der Waals surface area contributed by atoms with Crippen molar-refractivity contribution in [3.63, 3.8) is 0 Å². The molecule has 0 radical (unpaired) electrons. The quantitative estimate of drug-likeness (QED) is 0.189. The maximum absolute atomic E-state index is 12.4. The van der Waals surface area contributed by atoms with E-state index in [0.717, 1.165) is 18.4 Å². The van der Waals surface area contributed by atoms with Gasteiger partial charge in [0.2, 0.25) is 0 Å². The van der Waals surface area contributed by atoms with Gasteiger partial charge in [0.25, 0.3) is 5.91 Å². The molecule has 1 aliphatic heterocycles. The van der Waals surface area contributed by atoms with Crippen molar-refractivity contribution in [1.29, 1.82) is 0 Å². The lowest BCUT2D eigenvalue weighted by Crippen LogP contribution is -2.37. The standard InChI is InChI=1S/C26H26N6O8S/c33-17-9-5-4-8-16(17)25(36)31-41(37,38)39-12-18-20(34)21(35)26(40-18)32-13-27-19-23(28-15-10-11-15)29-22(30-24(19)32)14-6-2-1-3-7-14/h1-9,13,15,18,20-21,26,33-35H,10-12H2,(H,31,36)(H,28,29,30)/t18-,20?,21?,26-/m1/s1. The molecule has 1 saturated heterocycles. The van der Waals surface area contributed by atoms with Crippen molar-refractivity contribution >= 4 is 33.2 Å². The summed E-state index contributed by atoms with van der Waals surface area (Å²) in [6.07, 6.45) is -2.10. The number of fused-ring (bicyclic) bond motifs is 1. The van der Waals surface area contributed by atoms with E-state index in [1.54, 1.807) is 4.72 Å². The van der Waals surface area contributed by atoms with Gasteiger partial charge in [-0.05, 0) is 25.0 Å². The largest absolute Gasteiger partial charge is 0.507 e. The molecule has 2 aromatic heterocycles. The Bertz CT molecular complexity index is 1690. The van der Waals surface area contributed by atoms with Gasteiger partial charge in [0.15, 0.2) is 29.0 Å². The number of benzene rings is 2. The fraction of sp³-hybridized carbons (Fsp3) is 0.308. The number of aliphatic hydroxyl groups excluding tert-OH is 2. The van der Waals surface area contributed by atoms with Crippen LogP contribution in [0.15, 0.2) is 60.9 Å². The zero-order valence-electron chi connectivity index (χ0n) is 21.4. The van der Waals surface area contributed by atoms with Crippen molar-refractivity contribution in [1.82, 2.24) is 24.2 Å². The highest BCUT2D eigenvalue weighted by atomic mass is 32.2. The number of rotatable bonds is 9. The molecule has 15 heteroatoms. The number of imidazole rings is 1. The Hall–Kier alpha value is -4.15. The zero-order valence-corrected chi connectivity index (χ0v) is 22.2. The van der Waals surface area contributed by atoms with Crippen LogP contribution in [-0.4, -0.2) is 80.1 Å². The number of carbonyl (C=O) groups excluding carboxylic acids is 1. The number of aromatic nitrogens is 4. The van der Waals surface area contributed by atoms with E-state index >= 15 is 0 Å². The van der Waals surface area contributed by atoms with Crippen LogP contribution in [0.2, 0.25) is 0 Å². The van der Waals surface area contributed by atoms with E-state index in [9.17, 15) is 28.5 Å². The molecular formula is C26H26N6O8S. The minimum absolute atomic E-state index is 0.270. The Morgan fingerprint density at radius 1 is 1.05 bits per heavy atom. The molecule has 14 nitrogen and oxygen atoms in total. The third-order valence-corrected chi connectivity index (χ3v) is 7.62. The predicted octanol–water partition coefficient (Wildman–Crippen LogP) is 1.08. The first-order chi connectivity index (χ1) is 19.7. The molecule has 4 atom stereocenters. The van der Waals surface area contributed by atoms with Crippen molar-refractivity contribution in [2.24, 2.45) is 0 Å². The number of anilines is 1. The van der Waals surface area contributed by atoms with E-state index in [2.05, 4.69) is 20.3 Å². The zero-order chi connectivity index (χ0) is 28.7. The first kappa shape index (κ1) is 27.0. The highest BCUT2D eigenvalue weighted by Crippen LogP contribution is 2.35. The molecule has 3 heterocycles. The predicted molar refractivity (Wildman–Crippen MR) is 144 cm³/mol. The summed E-state index contributed by atoms with van der Waals surface area (Å²) in [6.45, 7) is -0.719. The van der Waals surface area contributed by atoms with Crippen LogP contribution in [0.4, 0.5) is 5.82 Å². The van der Waals surface area contributed by atoms with E-state index in [-0.39, 0.29) is 11.6 Å². The minimum atomic E-state index is -4.66. The number of ether oxygens (including phenoxy) is 1. The lowest BCUT2D eigenvalue weighted by molar-refractivity contribution is -0.0468. The second-order valence-electron chi connectivity index (χ2n) is 9.74. The van der Waals surface area contributed by atoms with E-state index in [4.69, 9.17) is 8.92 Å². The van der Waals surface area contributed by atoms with Gasteiger partial charge >= 0.3 is 10.3 Å². The lowest BCUT2D eigenvalue weighted by Gasteiger charge is -2.17. The lowest BCUT2D eigenvalue weighted by atomic mass is 10.1. The third-order valence-electron chi connectivity index (χ3n) is 6.74. The SMILES string of the molecule is O=C(NS(=O)(=O)OC[C@H]1O[C@@H](n2cnc3c(NC4CC4)nc(-c4ccccc4)nc32)C(O)C1O)c1ccccc1O. The third kappa shape index (κ3) is 5.57. The Labute approximate surface area is 233 Å². The second-order valence-corrected chi connectivity index (χ2v) is 11.1. The molecule has 6 rings (SSSR count). The number of carbonyl (C=O) groups is 1. The second kappa shape index (κ2) is 10.7. The van der Waals surface area contributed by atoms with E-state index in [0.29, 0.717) is 22.8 Å². The smallest absolute Gasteiger partial charge is 0.362 e. The molecular weight excluding hydrogens is 556 g/mol. The number of nitrogens with one attached hydrogen (secondary N) is 2. The van der Waals surface area contributed by atoms with Crippen LogP contribution in [0.1, 0.15) is 29.4 Å². The molecule has 41 heavy (non-hydrogen) atoms. The summed E-state index contributed by atoms with van der Waals surface area (Å²) < 4.78 is 38.6. The minimum Gasteiger partial charge on any atom is -0.507 e. The summed E-state index contributed by atoms with van der Waals surface area (Å²) in [6, 6.07) is 15.0. The summed E-state index contributed by atoms with van der Waals surface area (Å²) >= 11 is 0. The molecule has 2 aliphatic rings. The van der Waals surface area contributed by atoms with Gasteiger partial charge in [-0.15, -0.1) is 0 Å². The summed E-state index contributed by atoms with van der Waals surface area (Å²) in [4.78, 5) is 26.0. The van der Waals surface area contributed by atoms with Crippen molar-refractivity contribution in [2.45, 2.75) is 43.4 Å². The number of nitrogens with zero attached hydrogens (tertiary/aromatic N) is 4. The number of phenols is 1. The Morgan fingerprint density at radius 3 is 2.51 bits per heavy atom. The normalized spacial score (nSPS) is 22.6. The first-order valence-electron chi connectivity index (χ1n) is 12.8. The average Bonchev–Trinajstić information content (AvgIpc) is 3.60. The van der Waals surface area contributed by atoms with Crippen LogP contribution < -0.4 is 10.0 Å². The van der Waals surface area contributed by atoms with Crippen molar-refractivity contribution < 1.29 is 37.5 Å². The van der Waals surface area contributed by atoms with Gasteiger partial charge in [-0.3, -0.25) is 13.5 Å².